The lowest BCUT2D eigenvalue weighted by atomic mass is 10.2. The molecule has 0 amide bonds. The molecular weight excluding hydrogens is 428 g/mol. The second-order valence-corrected chi connectivity index (χ2v) is 8.28. The summed E-state index contributed by atoms with van der Waals surface area (Å²) < 4.78 is 7.51. The summed E-state index contributed by atoms with van der Waals surface area (Å²) in [5, 5.41) is 14.0. The van der Waals surface area contributed by atoms with E-state index in [4.69, 9.17) is 16.3 Å². The Morgan fingerprint density at radius 3 is 2.58 bits per heavy atom. The van der Waals surface area contributed by atoms with Gasteiger partial charge < -0.3 is 4.74 Å². The van der Waals surface area contributed by atoms with E-state index in [1.165, 1.54) is 17.3 Å². The Morgan fingerprint density at radius 1 is 1.03 bits per heavy atom. The molecule has 0 saturated carbocycles. The van der Waals surface area contributed by atoms with Gasteiger partial charge in [-0.15, -0.1) is 10.2 Å². The van der Waals surface area contributed by atoms with Gasteiger partial charge in [0.15, 0.2) is 0 Å². The van der Waals surface area contributed by atoms with E-state index in [0.717, 1.165) is 27.5 Å². The highest BCUT2D eigenvalue weighted by molar-refractivity contribution is 7.98. The third-order valence-corrected chi connectivity index (χ3v) is 5.90. The van der Waals surface area contributed by atoms with E-state index in [0.29, 0.717) is 17.5 Å². The van der Waals surface area contributed by atoms with E-state index < -0.39 is 0 Å². The van der Waals surface area contributed by atoms with Gasteiger partial charge in [-0.05, 0) is 53.9 Å². The summed E-state index contributed by atoms with van der Waals surface area (Å²) in [6, 6.07) is 23.9. The van der Waals surface area contributed by atoms with Crippen molar-refractivity contribution < 1.29 is 4.74 Å². The summed E-state index contributed by atoms with van der Waals surface area (Å²) >= 11 is 7.76. The van der Waals surface area contributed by atoms with Crippen LogP contribution in [-0.2, 0) is 12.4 Å². The summed E-state index contributed by atoms with van der Waals surface area (Å²) in [5.74, 6) is 1.51. The van der Waals surface area contributed by atoms with Gasteiger partial charge in [-0.25, -0.2) is 0 Å². The van der Waals surface area contributed by atoms with Gasteiger partial charge in [0, 0.05) is 10.8 Å². The SMILES string of the molecule is Cc1ccc(COc2ccc(/C=N/n3cnnc3SCc3ccccc3Cl)cc2)cc1. The molecule has 0 aliphatic heterocycles. The van der Waals surface area contributed by atoms with E-state index >= 15 is 0 Å². The first-order valence-corrected chi connectivity index (χ1v) is 11.1. The largest absolute Gasteiger partial charge is 0.489 e. The van der Waals surface area contributed by atoms with Crippen molar-refractivity contribution in [1.29, 1.82) is 0 Å². The summed E-state index contributed by atoms with van der Waals surface area (Å²) in [7, 11) is 0. The molecule has 0 saturated heterocycles. The van der Waals surface area contributed by atoms with Crippen LogP contribution < -0.4 is 4.74 Å². The lowest BCUT2D eigenvalue weighted by Crippen LogP contribution is -1.96. The fourth-order valence-corrected chi connectivity index (χ4v) is 3.93. The zero-order valence-corrected chi connectivity index (χ0v) is 18.6. The van der Waals surface area contributed by atoms with E-state index in [1.807, 2.05) is 48.5 Å². The highest BCUT2D eigenvalue weighted by atomic mass is 35.5. The molecule has 1 aromatic heterocycles. The maximum absolute atomic E-state index is 6.23. The molecule has 156 valence electrons. The summed E-state index contributed by atoms with van der Waals surface area (Å²) in [4.78, 5) is 0. The van der Waals surface area contributed by atoms with Crippen LogP contribution in [0.3, 0.4) is 0 Å². The Labute approximate surface area is 190 Å². The van der Waals surface area contributed by atoms with Crippen molar-refractivity contribution in [2.45, 2.75) is 24.4 Å². The highest BCUT2D eigenvalue weighted by Gasteiger charge is 2.06. The Hall–Kier alpha value is -3.09. The van der Waals surface area contributed by atoms with Crippen LogP contribution in [-0.4, -0.2) is 21.1 Å². The highest BCUT2D eigenvalue weighted by Crippen LogP contribution is 2.25. The first-order chi connectivity index (χ1) is 15.2. The van der Waals surface area contributed by atoms with Gasteiger partial charge >= 0.3 is 0 Å². The number of aryl methyl sites for hydroxylation is 1. The number of halogens is 1. The number of thioether (sulfide) groups is 1. The van der Waals surface area contributed by atoms with Gasteiger partial charge in [0.2, 0.25) is 5.16 Å². The molecule has 0 spiro atoms. The second kappa shape index (κ2) is 10.3. The van der Waals surface area contributed by atoms with Crippen molar-refractivity contribution >= 4 is 29.6 Å². The third-order valence-electron chi connectivity index (χ3n) is 4.55. The van der Waals surface area contributed by atoms with Gasteiger partial charge in [-0.2, -0.15) is 9.78 Å². The maximum atomic E-state index is 6.23. The van der Waals surface area contributed by atoms with Crippen molar-refractivity contribution in [2.24, 2.45) is 5.10 Å². The maximum Gasteiger partial charge on any atom is 0.212 e. The number of nitrogens with zero attached hydrogens (tertiary/aromatic N) is 4. The topological polar surface area (TPSA) is 52.3 Å². The zero-order chi connectivity index (χ0) is 21.5. The zero-order valence-electron chi connectivity index (χ0n) is 17.0. The normalized spacial score (nSPS) is 11.2. The molecular formula is C24H21ClN4OS. The monoisotopic (exact) mass is 448 g/mol. The summed E-state index contributed by atoms with van der Waals surface area (Å²) in [5.41, 5.74) is 4.39. The summed E-state index contributed by atoms with van der Waals surface area (Å²) in [6.45, 7) is 2.62. The number of ether oxygens (including phenoxy) is 1. The van der Waals surface area contributed by atoms with E-state index in [1.54, 1.807) is 17.2 Å². The van der Waals surface area contributed by atoms with Gasteiger partial charge in [0.1, 0.15) is 18.7 Å². The first kappa shape index (κ1) is 21.2. The average molecular weight is 449 g/mol. The van der Waals surface area contributed by atoms with Crippen LogP contribution in [0.4, 0.5) is 0 Å². The minimum absolute atomic E-state index is 0.542. The standard InChI is InChI=1S/C24H21ClN4OS/c1-18-6-8-20(9-7-18)15-30-22-12-10-19(11-13-22)14-27-29-17-26-28-24(29)31-16-21-4-2-3-5-23(21)25/h2-14,17H,15-16H2,1H3/b27-14+. The minimum Gasteiger partial charge on any atom is -0.489 e. The first-order valence-electron chi connectivity index (χ1n) is 9.76. The molecule has 1 heterocycles. The molecule has 0 bridgehead atoms. The molecule has 0 N–H and O–H groups in total. The van der Waals surface area contributed by atoms with Crippen molar-refractivity contribution in [1.82, 2.24) is 14.9 Å². The van der Waals surface area contributed by atoms with Gasteiger partial charge in [0.25, 0.3) is 0 Å². The minimum atomic E-state index is 0.542. The predicted octanol–water partition coefficient (Wildman–Crippen LogP) is 5.99. The van der Waals surface area contributed by atoms with E-state index in [2.05, 4.69) is 46.5 Å². The Morgan fingerprint density at radius 2 is 1.81 bits per heavy atom. The van der Waals surface area contributed by atoms with Crippen LogP contribution in [0.2, 0.25) is 5.02 Å². The molecule has 4 rings (SSSR count). The smallest absolute Gasteiger partial charge is 0.212 e. The van der Waals surface area contributed by atoms with E-state index in [9.17, 15) is 0 Å². The lowest BCUT2D eigenvalue weighted by Gasteiger charge is -2.07. The molecule has 0 radical (unpaired) electrons. The van der Waals surface area contributed by atoms with Crippen molar-refractivity contribution in [3.05, 3.63) is 106 Å². The second-order valence-electron chi connectivity index (χ2n) is 6.93. The average Bonchev–Trinajstić information content (AvgIpc) is 3.25. The van der Waals surface area contributed by atoms with Crippen LogP contribution in [0.25, 0.3) is 0 Å². The summed E-state index contributed by atoms with van der Waals surface area (Å²) in [6.07, 6.45) is 3.36. The fraction of sp³-hybridized carbons (Fsp3) is 0.125. The lowest BCUT2D eigenvalue weighted by molar-refractivity contribution is 0.306. The van der Waals surface area contributed by atoms with Crippen molar-refractivity contribution in [2.75, 3.05) is 0 Å². The Bertz CT molecular complexity index is 1160. The number of benzene rings is 3. The van der Waals surface area contributed by atoms with Crippen molar-refractivity contribution in [3.8, 4) is 5.75 Å². The van der Waals surface area contributed by atoms with Crippen molar-refractivity contribution in [3.63, 3.8) is 0 Å². The van der Waals surface area contributed by atoms with Crippen LogP contribution in [0.5, 0.6) is 5.75 Å². The fourth-order valence-electron chi connectivity index (χ4n) is 2.78. The third kappa shape index (κ3) is 5.96. The molecule has 0 aliphatic carbocycles. The van der Waals surface area contributed by atoms with Crippen LogP contribution >= 0.6 is 23.4 Å². The number of rotatable bonds is 8. The van der Waals surface area contributed by atoms with Crippen LogP contribution in [0, 0.1) is 6.92 Å². The molecule has 0 fully saturated rings. The molecule has 0 atom stereocenters. The predicted molar refractivity (Wildman–Crippen MR) is 126 cm³/mol. The number of aromatic nitrogens is 3. The Kier molecular flexibility index (Phi) is 7.02. The molecule has 3 aromatic carbocycles. The quantitative estimate of drug-likeness (QED) is 0.245. The van der Waals surface area contributed by atoms with Gasteiger partial charge in [0.05, 0.1) is 6.21 Å². The molecule has 31 heavy (non-hydrogen) atoms. The molecule has 0 aliphatic rings. The van der Waals surface area contributed by atoms with Gasteiger partial charge in [-0.3, -0.25) is 0 Å². The molecule has 7 heteroatoms. The number of hydrogen-bond donors (Lipinski definition) is 0. The van der Waals surface area contributed by atoms with Gasteiger partial charge in [-0.1, -0.05) is 71.4 Å². The molecule has 4 aromatic rings. The van der Waals surface area contributed by atoms with Crippen LogP contribution in [0.1, 0.15) is 22.3 Å². The molecule has 0 unspecified atom stereocenters. The molecule has 5 nitrogen and oxygen atoms in total. The Balaban J connectivity index is 1.34. The van der Waals surface area contributed by atoms with Crippen LogP contribution in [0.15, 0.2) is 89.4 Å². The number of hydrogen-bond acceptors (Lipinski definition) is 5. The van der Waals surface area contributed by atoms with E-state index in [-0.39, 0.29) is 0 Å².